The van der Waals surface area contributed by atoms with Gasteiger partial charge in [-0.25, -0.2) is 0 Å². The molecular weight excluding hydrogens is 262 g/mol. The minimum atomic E-state index is -0.226. The Labute approximate surface area is 114 Å². The first-order chi connectivity index (χ1) is 9.31. The smallest absolute Gasteiger partial charge is 0.262 e. The number of aliphatic hydroxyl groups excluding tert-OH is 1. The van der Waals surface area contributed by atoms with Crippen LogP contribution < -0.4 is 5.32 Å². The topological polar surface area (TPSA) is 75.1 Å². The zero-order valence-electron chi connectivity index (χ0n) is 9.96. The van der Waals surface area contributed by atoms with E-state index in [9.17, 15) is 4.79 Å². The highest BCUT2D eigenvalue weighted by atomic mass is 32.1. The van der Waals surface area contributed by atoms with E-state index < -0.39 is 0 Å². The summed E-state index contributed by atoms with van der Waals surface area (Å²) in [7, 11) is 0. The maximum absolute atomic E-state index is 12.0. The Hall–Kier alpha value is -2.23. The number of aromatic nitrogens is 2. The van der Waals surface area contributed by atoms with Crippen LogP contribution in [0.3, 0.4) is 0 Å². The van der Waals surface area contributed by atoms with Crippen molar-refractivity contribution in [1.82, 2.24) is 15.5 Å². The molecule has 5 nitrogen and oxygen atoms in total. The van der Waals surface area contributed by atoms with E-state index in [1.807, 2.05) is 0 Å². The Kier molecular flexibility index (Phi) is 4.61. The Morgan fingerprint density at radius 3 is 3.11 bits per heavy atom. The zero-order chi connectivity index (χ0) is 13.5. The van der Waals surface area contributed by atoms with Crippen LogP contribution in [0.2, 0.25) is 0 Å². The summed E-state index contributed by atoms with van der Waals surface area (Å²) < 4.78 is 0. The highest BCUT2D eigenvalue weighted by Crippen LogP contribution is 2.15. The van der Waals surface area contributed by atoms with Crippen molar-refractivity contribution in [2.75, 3.05) is 6.61 Å². The Morgan fingerprint density at radius 1 is 1.47 bits per heavy atom. The lowest BCUT2D eigenvalue weighted by Gasteiger charge is -2.02. The number of hydrogen-bond acceptors (Lipinski definition) is 5. The van der Waals surface area contributed by atoms with Crippen LogP contribution in [0.1, 0.15) is 20.9 Å². The van der Waals surface area contributed by atoms with Gasteiger partial charge in [0, 0.05) is 11.8 Å². The molecule has 0 saturated heterocycles. The maximum Gasteiger partial charge on any atom is 0.262 e. The van der Waals surface area contributed by atoms with E-state index in [1.165, 1.54) is 11.3 Å². The van der Waals surface area contributed by atoms with Gasteiger partial charge in [0.15, 0.2) is 0 Å². The van der Waals surface area contributed by atoms with Gasteiger partial charge in [0.05, 0.1) is 12.2 Å². The molecule has 2 aromatic rings. The van der Waals surface area contributed by atoms with Gasteiger partial charge in [-0.2, -0.15) is 10.2 Å². The first-order valence-electron chi connectivity index (χ1n) is 5.53. The number of nitrogens with zero attached hydrogens (tertiary/aromatic N) is 2. The first-order valence-corrected chi connectivity index (χ1v) is 6.41. The van der Waals surface area contributed by atoms with Crippen molar-refractivity contribution in [3.8, 4) is 11.8 Å². The Morgan fingerprint density at radius 2 is 2.37 bits per heavy atom. The quantitative estimate of drug-likeness (QED) is 0.812. The van der Waals surface area contributed by atoms with Crippen molar-refractivity contribution < 1.29 is 9.90 Å². The molecule has 6 heteroatoms. The highest BCUT2D eigenvalue weighted by Gasteiger charge is 2.11. The third-order valence-electron chi connectivity index (χ3n) is 2.23. The normalized spacial score (nSPS) is 9.53. The van der Waals surface area contributed by atoms with E-state index in [0.717, 1.165) is 0 Å². The molecule has 0 radical (unpaired) electrons. The number of carbonyl (C=O) groups is 1. The van der Waals surface area contributed by atoms with Gasteiger partial charge in [-0.05, 0) is 23.6 Å². The van der Waals surface area contributed by atoms with Gasteiger partial charge in [0.1, 0.15) is 11.5 Å². The molecule has 0 atom stereocenters. The number of hydrogen-bond donors (Lipinski definition) is 2. The average molecular weight is 273 g/mol. The zero-order valence-corrected chi connectivity index (χ0v) is 10.8. The standard InChI is InChI=1S/C13H11N3O2S/c17-7-2-3-10-5-8-19-12(10)13(18)14-9-11-4-1-6-15-16-11/h1,4-6,8,17H,7,9H2,(H,14,18). The fraction of sp³-hybridized carbons (Fsp3) is 0.154. The first kappa shape index (κ1) is 13.2. The fourth-order valence-electron chi connectivity index (χ4n) is 1.40. The molecule has 0 fully saturated rings. The second kappa shape index (κ2) is 6.64. The molecule has 2 rings (SSSR count). The molecule has 19 heavy (non-hydrogen) atoms. The van der Waals surface area contributed by atoms with Crippen molar-refractivity contribution in [1.29, 1.82) is 0 Å². The molecule has 1 amide bonds. The number of thiophene rings is 1. The molecule has 0 aliphatic heterocycles. The van der Waals surface area contributed by atoms with E-state index in [1.54, 1.807) is 29.8 Å². The molecule has 0 spiro atoms. The molecule has 0 aliphatic carbocycles. The number of carbonyl (C=O) groups excluding carboxylic acids is 1. The van der Waals surface area contributed by atoms with E-state index in [4.69, 9.17) is 5.11 Å². The van der Waals surface area contributed by atoms with Crippen molar-refractivity contribution in [2.24, 2.45) is 0 Å². The molecule has 0 bridgehead atoms. The van der Waals surface area contributed by atoms with E-state index in [-0.39, 0.29) is 12.5 Å². The summed E-state index contributed by atoms with van der Waals surface area (Å²) in [6.07, 6.45) is 1.58. The lowest BCUT2D eigenvalue weighted by atomic mass is 10.2. The van der Waals surface area contributed by atoms with Gasteiger partial charge in [0.2, 0.25) is 0 Å². The SMILES string of the molecule is O=C(NCc1cccnn1)c1sccc1C#CCO. The Balaban J connectivity index is 2.02. The molecule has 0 aromatic carbocycles. The van der Waals surface area contributed by atoms with Gasteiger partial charge in [-0.1, -0.05) is 11.8 Å². The van der Waals surface area contributed by atoms with Crippen molar-refractivity contribution in [3.05, 3.63) is 45.9 Å². The molecule has 0 saturated carbocycles. The van der Waals surface area contributed by atoms with Crippen LogP contribution in [0.15, 0.2) is 29.8 Å². The van der Waals surface area contributed by atoms with Crippen LogP contribution >= 0.6 is 11.3 Å². The summed E-state index contributed by atoms with van der Waals surface area (Å²) in [4.78, 5) is 12.5. The van der Waals surface area contributed by atoms with E-state index >= 15 is 0 Å². The predicted molar refractivity (Wildman–Crippen MR) is 71.5 cm³/mol. The van der Waals surface area contributed by atoms with Crippen LogP contribution in [0.4, 0.5) is 0 Å². The maximum atomic E-state index is 12.0. The van der Waals surface area contributed by atoms with Gasteiger partial charge in [-0.3, -0.25) is 4.79 Å². The summed E-state index contributed by atoms with van der Waals surface area (Å²) in [6.45, 7) is 0.0912. The van der Waals surface area contributed by atoms with Crippen molar-refractivity contribution in [2.45, 2.75) is 6.54 Å². The summed E-state index contributed by atoms with van der Waals surface area (Å²) in [5.41, 5.74) is 1.31. The molecular formula is C13H11N3O2S. The number of aliphatic hydroxyl groups is 1. The third kappa shape index (κ3) is 3.61. The van der Waals surface area contributed by atoms with Crippen LogP contribution in [0, 0.1) is 11.8 Å². The van der Waals surface area contributed by atoms with Gasteiger partial charge in [0.25, 0.3) is 5.91 Å². The highest BCUT2D eigenvalue weighted by molar-refractivity contribution is 7.12. The predicted octanol–water partition coefficient (Wildman–Crippen LogP) is 0.812. The number of amides is 1. The largest absolute Gasteiger partial charge is 0.384 e. The van der Waals surface area contributed by atoms with Gasteiger partial charge < -0.3 is 10.4 Å². The van der Waals surface area contributed by atoms with E-state index in [0.29, 0.717) is 22.7 Å². The summed E-state index contributed by atoms with van der Waals surface area (Å²) in [5, 5.41) is 20.8. The van der Waals surface area contributed by atoms with Crippen molar-refractivity contribution >= 4 is 17.2 Å². The van der Waals surface area contributed by atoms with Crippen LogP contribution in [0.5, 0.6) is 0 Å². The fourth-order valence-corrected chi connectivity index (χ4v) is 2.16. The minimum absolute atomic E-state index is 0.206. The molecule has 2 aromatic heterocycles. The third-order valence-corrected chi connectivity index (χ3v) is 3.14. The van der Waals surface area contributed by atoms with E-state index in [2.05, 4.69) is 27.4 Å². The van der Waals surface area contributed by atoms with Crippen LogP contribution in [-0.2, 0) is 6.54 Å². The van der Waals surface area contributed by atoms with Crippen LogP contribution in [0.25, 0.3) is 0 Å². The molecule has 2 N–H and O–H groups in total. The second-order valence-electron chi connectivity index (χ2n) is 3.52. The molecule has 0 aliphatic rings. The lowest BCUT2D eigenvalue weighted by molar-refractivity contribution is 0.0954. The number of rotatable bonds is 3. The molecule has 96 valence electrons. The minimum Gasteiger partial charge on any atom is -0.384 e. The second-order valence-corrected chi connectivity index (χ2v) is 4.44. The lowest BCUT2D eigenvalue weighted by Crippen LogP contribution is -2.23. The van der Waals surface area contributed by atoms with Crippen molar-refractivity contribution in [3.63, 3.8) is 0 Å². The Bertz CT molecular complexity index is 614. The molecule has 2 heterocycles. The summed E-state index contributed by atoms with van der Waals surface area (Å²) in [6, 6.07) is 5.30. The monoisotopic (exact) mass is 273 g/mol. The number of nitrogens with one attached hydrogen (secondary N) is 1. The molecule has 0 unspecified atom stereocenters. The van der Waals surface area contributed by atoms with Gasteiger partial charge >= 0.3 is 0 Å². The summed E-state index contributed by atoms with van der Waals surface area (Å²) >= 11 is 1.31. The van der Waals surface area contributed by atoms with Crippen LogP contribution in [-0.4, -0.2) is 27.8 Å². The summed E-state index contributed by atoms with van der Waals surface area (Å²) in [5.74, 6) is 5.07. The average Bonchev–Trinajstić information content (AvgIpc) is 2.92. The van der Waals surface area contributed by atoms with Gasteiger partial charge in [-0.15, -0.1) is 11.3 Å².